The Morgan fingerprint density at radius 2 is 1.60 bits per heavy atom. The number of hydrogen-bond acceptors (Lipinski definition) is 4. The molecule has 0 aliphatic carbocycles. The van der Waals surface area contributed by atoms with E-state index < -0.39 is 11.9 Å². The van der Waals surface area contributed by atoms with E-state index in [0.717, 1.165) is 11.3 Å². The molecule has 25 heavy (non-hydrogen) atoms. The standard InChI is InChI=1S/C20H25NO4/c1-5-24-19(22)16-12-17(15-10-8-7-9-11-15)21(13-14(3)4)18(16)20(23)25-6-2/h7-12,14H,5-6,13H2,1-4H3. The van der Waals surface area contributed by atoms with Gasteiger partial charge in [0.15, 0.2) is 0 Å². The molecule has 0 saturated heterocycles. The van der Waals surface area contributed by atoms with Crippen molar-refractivity contribution in [3.05, 3.63) is 47.7 Å². The van der Waals surface area contributed by atoms with E-state index in [4.69, 9.17) is 9.47 Å². The number of ether oxygens (including phenoxy) is 2. The van der Waals surface area contributed by atoms with E-state index in [1.54, 1.807) is 19.9 Å². The zero-order valence-electron chi connectivity index (χ0n) is 15.2. The van der Waals surface area contributed by atoms with E-state index in [-0.39, 0.29) is 30.4 Å². The van der Waals surface area contributed by atoms with E-state index in [2.05, 4.69) is 13.8 Å². The van der Waals surface area contributed by atoms with Gasteiger partial charge >= 0.3 is 11.9 Å². The fraction of sp³-hybridized carbons (Fsp3) is 0.400. The summed E-state index contributed by atoms with van der Waals surface area (Å²) in [6.07, 6.45) is 0. The highest BCUT2D eigenvalue weighted by Gasteiger charge is 2.28. The first kappa shape index (κ1) is 18.8. The van der Waals surface area contributed by atoms with Crippen molar-refractivity contribution in [2.75, 3.05) is 13.2 Å². The molecule has 5 heteroatoms. The van der Waals surface area contributed by atoms with Crippen LogP contribution in [0.15, 0.2) is 36.4 Å². The fourth-order valence-corrected chi connectivity index (χ4v) is 2.74. The summed E-state index contributed by atoms with van der Waals surface area (Å²) < 4.78 is 12.2. The van der Waals surface area contributed by atoms with Crippen LogP contribution in [0.2, 0.25) is 0 Å². The summed E-state index contributed by atoms with van der Waals surface area (Å²) >= 11 is 0. The summed E-state index contributed by atoms with van der Waals surface area (Å²) in [5.74, 6) is -0.725. The Morgan fingerprint density at radius 1 is 1.00 bits per heavy atom. The van der Waals surface area contributed by atoms with Gasteiger partial charge in [0.05, 0.1) is 18.8 Å². The van der Waals surface area contributed by atoms with Crippen molar-refractivity contribution in [1.82, 2.24) is 4.57 Å². The largest absolute Gasteiger partial charge is 0.462 e. The van der Waals surface area contributed by atoms with E-state index in [1.807, 2.05) is 34.9 Å². The normalized spacial score (nSPS) is 10.8. The molecular weight excluding hydrogens is 318 g/mol. The van der Waals surface area contributed by atoms with Crippen molar-refractivity contribution < 1.29 is 19.1 Å². The molecule has 0 aliphatic heterocycles. The van der Waals surface area contributed by atoms with Crippen LogP contribution < -0.4 is 0 Å². The first-order valence-corrected chi connectivity index (χ1v) is 8.62. The molecule has 0 amide bonds. The number of nitrogens with zero attached hydrogens (tertiary/aromatic N) is 1. The lowest BCUT2D eigenvalue weighted by Gasteiger charge is -2.15. The van der Waals surface area contributed by atoms with Crippen LogP contribution in [0.3, 0.4) is 0 Å². The van der Waals surface area contributed by atoms with E-state index in [0.29, 0.717) is 6.54 Å². The van der Waals surface area contributed by atoms with Gasteiger partial charge in [0, 0.05) is 12.2 Å². The van der Waals surface area contributed by atoms with Crippen LogP contribution >= 0.6 is 0 Å². The van der Waals surface area contributed by atoms with Crippen LogP contribution in [0.4, 0.5) is 0 Å². The third-order valence-electron chi connectivity index (χ3n) is 3.68. The minimum atomic E-state index is -0.509. The average Bonchev–Trinajstić information content (AvgIpc) is 2.95. The van der Waals surface area contributed by atoms with Gasteiger partial charge in [0.2, 0.25) is 0 Å². The maximum Gasteiger partial charge on any atom is 0.355 e. The van der Waals surface area contributed by atoms with Crippen LogP contribution in [0.1, 0.15) is 48.5 Å². The minimum absolute atomic E-state index is 0.245. The summed E-state index contributed by atoms with van der Waals surface area (Å²) in [4.78, 5) is 25.0. The molecule has 0 aliphatic rings. The molecule has 5 nitrogen and oxygen atoms in total. The van der Waals surface area contributed by atoms with Gasteiger partial charge in [-0.25, -0.2) is 9.59 Å². The molecule has 2 aromatic rings. The SMILES string of the molecule is CCOC(=O)c1cc(-c2ccccc2)n(CC(C)C)c1C(=O)OCC. The Labute approximate surface area is 148 Å². The summed E-state index contributed by atoms with van der Waals surface area (Å²) in [5.41, 5.74) is 2.25. The molecule has 0 saturated carbocycles. The molecule has 0 bridgehead atoms. The maximum absolute atomic E-state index is 12.6. The Kier molecular flexibility index (Phi) is 6.39. The van der Waals surface area contributed by atoms with Crippen molar-refractivity contribution in [2.24, 2.45) is 5.92 Å². The molecule has 1 heterocycles. The van der Waals surface area contributed by atoms with Crippen LogP contribution in [0.25, 0.3) is 11.3 Å². The second-order valence-electron chi connectivity index (χ2n) is 6.10. The second kappa shape index (κ2) is 8.51. The highest BCUT2D eigenvalue weighted by molar-refractivity contribution is 6.04. The second-order valence-corrected chi connectivity index (χ2v) is 6.10. The molecule has 0 radical (unpaired) electrons. The Bertz CT molecular complexity index is 732. The monoisotopic (exact) mass is 343 g/mol. The zero-order valence-corrected chi connectivity index (χ0v) is 15.2. The van der Waals surface area contributed by atoms with E-state index in [1.165, 1.54) is 0 Å². The average molecular weight is 343 g/mol. The van der Waals surface area contributed by atoms with Gasteiger partial charge in [-0.1, -0.05) is 44.2 Å². The van der Waals surface area contributed by atoms with Gasteiger partial charge in [-0.15, -0.1) is 0 Å². The molecule has 0 spiro atoms. The minimum Gasteiger partial charge on any atom is -0.462 e. The third-order valence-corrected chi connectivity index (χ3v) is 3.68. The Hall–Kier alpha value is -2.56. The molecule has 0 atom stereocenters. The number of hydrogen-bond donors (Lipinski definition) is 0. The van der Waals surface area contributed by atoms with Gasteiger partial charge in [0.1, 0.15) is 5.69 Å². The first-order chi connectivity index (χ1) is 12.0. The summed E-state index contributed by atoms with van der Waals surface area (Å²) in [7, 11) is 0. The Balaban J connectivity index is 2.68. The van der Waals surface area contributed by atoms with Gasteiger partial charge in [-0.3, -0.25) is 0 Å². The molecule has 0 N–H and O–H groups in total. The van der Waals surface area contributed by atoms with Gasteiger partial charge in [0.25, 0.3) is 0 Å². The third kappa shape index (κ3) is 4.29. The van der Waals surface area contributed by atoms with Gasteiger partial charge < -0.3 is 14.0 Å². The molecule has 0 unspecified atom stereocenters. The molecular formula is C20H25NO4. The lowest BCUT2D eigenvalue weighted by molar-refractivity contribution is 0.0470. The number of aromatic nitrogens is 1. The number of rotatable bonds is 7. The Morgan fingerprint density at radius 3 is 2.16 bits per heavy atom. The zero-order chi connectivity index (χ0) is 18.4. The van der Waals surface area contributed by atoms with E-state index >= 15 is 0 Å². The lowest BCUT2D eigenvalue weighted by atomic mass is 10.1. The summed E-state index contributed by atoms with van der Waals surface area (Å²) in [6.45, 7) is 8.70. The fourth-order valence-electron chi connectivity index (χ4n) is 2.74. The number of carbonyl (C=O) groups is 2. The van der Waals surface area contributed by atoms with Crippen LogP contribution in [0, 0.1) is 5.92 Å². The van der Waals surface area contributed by atoms with Gasteiger partial charge in [-0.05, 0) is 31.4 Å². The molecule has 1 aromatic carbocycles. The van der Waals surface area contributed by atoms with Gasteiger partial charge in [-0.2, -0.15) is 0 Å². The summed E-state index contributed by atoms with van der Waals surface area (Å²) in [6, 6.07) is 11.4. The number of carbonyl (C=O) groups excluding carboxylic acids is 2. The summed E-state index contributed by atoms with van der Waals surface area (Å²) in [5, 5.41) is 0. The van der Waals surface area contributed by atoms with Crippen molar-refractivity contribution in [3.8, 4) is 11.3 Å². The van der Waals surface area contributed by atoms with Crippen LogP contribution in [0.5, 0.6) is 0 Å². The predicted octanol–water partition coefficient (Wildman–Crippen LogP) is 4.16. The van der Waals surface area contributed by atoms with Crippen LogP contribution in [-0.2, 0) is 16.0 Å². The highest BCUT2D eigenvalue weighted by Crippen LogP contribution is 2.28. The molecule has 1 aromatic heterocycles. The smallest absolute Gasteiger partial charge is 0.355 e. The topological polar surface area (TPSA) is 57.5 Å². The van der Waals surface area contributed by atoms with Crippen molar-refractivity contribution in [1.29, 1.82) is 0 Å². The molecule has 2 rings (SSSR count). The predicted molar refractivity (Wildman–Crippen MR) is 96.6 cm³/mol. The van der Waals surface area contributed by atoms with Crippen molar-refractivity contribution in [2.45, 2.75) is 34.2 Å². The van der Waals surface area contributed by atoms with Crippen LogP contribution in [-0.4, -0.2) is 29.7 Å². The number of benzene rings is 1. The number of esters is 2. The highest BCUT2D eigenvalue weighted by atomic mass is 16.5. The lowest BCUT2D eigenvalue weighted by Crippen LogP contribution is -2.19. The first-order valence-electron chi connectivity index (χ1n) is 8.62. The quantitative estimate of drug-likeness (QED) is 0.708. The molecule has 0 fully saturated rings. The van der Waals surface area contributed by atoms with E-state index in [9.17, 15) is 9.59 Å². The molecule has 134 valence electrons. The maximum atomic E-state index is 12.6. The van der Waals surface area contributed by atoms with Crippen molar-refractivity contribution >= 4 is 11.9 Å². The van der Waals surface area contributed by atoms with Crippen molar-refractivity contribution in [3.63, 3.8) is 0 Å².